The van der Waals surface area contributed by atoms with Crippen LogP contribution in [0.3, 0.4) is 0 Å². The molecule has 0 saturated heterocycles. The molecule has 1 aromatic carbocycles. The number of hydrogen-bond donors (Lipinski definition) is 1. The summed E-state index contributed by atoms with van der Waals surface area (Å²) in [6, 6.07) is 3.61. The van der Waals surface area contributed by atoms with Gasteiger partial charge in [-0.15, -0.1) is 4.91 Å². The monoisotopic (exact) mass is 261 g/mol. The Labute approximate surface area is 110 Å². The number of Topliss-reactive ketones (excluding diaryl/α,β-unsaturated/α-hetero) is 2. The second-order valence-corrected chi connectivity index (χ2v) is 4.45. The predicted molar refractivity (Wildman–Crippen MR) is 71.7 cm³/mol. The maximum Gasteiger partial charge on any atom is 0.254 e. The lowest BCUT2D eigenvalue weighted by Gasteiger charge is -2.11. The third kappa shape index (κ3) is 2.93. The number of nitrogens with zero attached hydrogens (tertiary/aromatic N) is 1. The van der Waals surface area contributed by atoms with Gasteiger partial charge in [-0.2, -0.15) is 0 Å². The highest BCUT2D eigenvalue weighted by Crippen LogP contribution is 2.26. The number of benzene rings is 1. The zero-order valence-electron chi connectivity index (χ0n) is 11.3. The standard InChI is InChI=1S/C14H15NO4/c1-7-5-8(2)11(9(3)6-7)14(18)12(15-19)13(17)10(4)16/h5-6,18H,1-4H3. The van der Waals surface area contributed by atoms with E-state index in [1.807, 2.05) is 6.92 Å². The number of rotatable bonds is 4. The molecule has 5 nitrogen and oxygen atoms in total. The molecule has 1 aromatic rings. The van der Waals surface area contributed by atoms with Gasteiger partial charge in [0.2, 0.25) is 11.5 Å². The summed E-state index contributed by atoms with van der Waals surface area (Å²) in [4.78, 5) is 33.2. The van der Waals surface area contributed by atoms with E-state index >= 15 is 0 Å². The van der Waals surface area contributed by atoms with E-state index in [1.54, 1.807) is 26.0 Å². The summed E-state index contributed by atoms with van der Waals surface area (Å²) < 4.78 is 0. The van der Waals surface area contributed by atoms with Crippen LogP contribution in [0, 0.1) is 25.7 Å². The molecule has 0 atom stereocenters. The molecule has 19 heavy (non-hydrogen) atoms. The van der Waals surface area contributed by atoms with Crippen molar-refractivity contribution in [2.24, 2.45) is 5.18 Å². The van der Waals surface area contributed by atoms with Crippen molar-refractivity contribution in [2.75, 3.05) is 0 Å². The van der Waals surface area contributed by atoms with Gasteiger partial charge >= 0.3 is 0 Å². The second kappa shape index (κ2) is 5.56. The zero-order valence-corrected chi connectivity index (χ0v) is 11.3. The molecule has 1 N–H and O–H groups in total. The van der Waals surface area contributed by atoms with Gasteiger partial charge in [-0.25, -0.2) is 0 Å². The van der Waals surface area contributed by atoms with Crippen molar-refractivity contribution in [1.29, 1.82) is 0 Å². The molecule has 1 rings (SSSR count). The van der Waals surface area contributed by atoms with Crippen molar-refractivity contribution in [2.45, 2.75) is 27.7 Å². The van der Waals surface area contributed by atoms with Crippen LogP contribution in [0.15, 0.2) is 23.0 Å². The van der Waals surface area contributed by atoms with E-state index in [9.17, 15) is 19.6 Å². The van der Waals surface area contributed by atoms with Crippen molar-refractivity contribution in [3.63, 3.8) is 0 Å². The highest BCUT2D eigenvalue weighted by atomic mass is 16.3. The van der Waals surface area contributed by atoms with Crippen LogP contribution in [-0.2, 0) is 9.59 Å². The van der Waals surface area contributed by atoms with Crippen molar-refractivity contribution >= 4 is 17.3 Å². The fraction of sp³-hybridized carbons (Fsp3) is 0.286. The lowest BCUT2D eigenvalue weighted by molar-refractivity contribution is -0.133. The molecule has 0 amide bonds. The molecule has 0 spiro atoms. The van der Waals surface area contributed by atoms with E-state index < -0.39 is 23.0 Å². The second-order valence-electron chi connectivity index (χ2n) is 4.45. The Morgan fingerprint density at radius 2 is 1.58 bits per heavy atom. The quantitative estimate of drug-likeness (QED) is 0.391. The molecule has 0 radical (unpaired) electrons. The third-order valence-corrected chi connectivity index (χ3v) is 2.76. The summed E-state index contributed by atoms with van der Waals surface area (Å²) in [6.07, 6.45) is 0. The number of carbonyl (C=O) groups is 2. The lowest BCUT2D eigenvalue weighted by atomic mass is 9.96. The topological polar surface area (TPSA) is 83.8 Å². The number of aliphatic hydroxyl groups is 1. The molecule has 0 aromatic heterocycles. The largest absolute Gasteiger partial charge is 0.505 e. The van der Waals surface area contributed by atoms with Crippen LogP contribution in [0.1, 0.15) is 29.2 Å². The summed E-state index contributed by atoms with van der Waals surface area (Å²) in [5.74, 6) is -2.49. The Balaban J connectivity index is 3.55. The average Bonchev–Trinajstić information content (AvgIpc) is 2.28. The van der Waals surface area contributed by atoms with Crippen LogP contribution in [-0.4, -0.2) is 16.7 Å². The molecule has 5 heteroatoms. The number of aryl methyl sites for hydroxylation is 3. The van der Waals surface area contributed by atoms with Crippen LogP contribution in [0.2, 0.25) is 0 Å². The molecular weight excluding hydrogens is 246 g/mol. The van der Waals surface area contributed by atoms with Crippen LogP contribution in [0.25, 0.3) is 5.76 Å². The molecule has 0 saturated carbocycles. The van der Waals surface area contributed by atoms with Crippen LogP contribution in [0.5, 0.6) is 0 Å². The van der Waals surface area contributed by atoms with Gasteiger partial charge in [0.15, 0.2) is 5.76 Å². The molecule has 0 aliphatic carbocycles. The molecule has 100 valence electrons. The van der Waals surface area contributed by atoms with E-state index in [4.69, 9.17) is 0 Å². The number of nitroso groups, excluding NO2 is 1. The van der Waals surface area contributed by atoms with Gasteiger partial charge in [0.1, 0.15) is 0 Å². The van der Waals surface area contributed by atoms with Crippen molar-refractivity contribution in [3.8, 4) is 0 Å². The van der Waals surface area contributed by atoms with Gasteiger partial charge in [-0.05, 0) is 37.1 Å². The Hall–Kier alpha value is -2.30. The van der Waals surface area contributed by atoms with Gasteiger partial charge in [0.25, 0.3) is 5.78 Å². The van der Waals surface area contributed by atoms with Gasteiger partial charge in [-0.1, -0.05) is 17.7 Å². The number of hydrogen-bond acceptors (Lipinski definition) is 5. The van der Waals surface area contributed by atoms with Crippen LogP contribution >= 0.6 is 0 Å². The molecule has 0 heterocycles. The minimum atomic E-state index is -1.09. The van der Waals surface area contributed by atoms with Gasteiger partial charge in [0, 0.05) is 12.5 Å². The van der Waals surface area contributed by atoms with E-state index in [0.717, 1.165) is 12.5 Å². The van der Waals surface area contributed by atoms with E-state index in [-0.39, 0.29) is 0 Å². The maximum absolute atomic E-state index is 11.5. The molecule has 0 fully saturated rings. The lowest BCUT2D eigenvalue weighted by Crippen LogP contribution is -2.13. The Morgan fingerprint density at radius 3 is 1.95 bits per heavy atom. The fourth-order valence-electron chi connectivity index (χ4n) is 2.03. The SMILES string of the molecule is CC(=O)C(=O)C(N=O)=C(O)c1c(C)cc(C)cc1C. The van der Waals surface area contributed by atoms with Crippen molar-refractivity contribution in [3.05, 3.63) is 45.0 Å². The zero-order chi connectivity index (χ0) is 14.7. The first-order valence-electron chi connectivity index (χ1n) is 5.69. The molecular formula is C14H15NO4. The number of allylic oxidation sites excluding steroid dienone is 1. The van der Waals surface area contributed by atoms with E-state index in [0.29, 0.717) is 16.7 Å². The maximum atomic E-state index is 11.5. The Kier molecular flexibility index (Phi) is 4.32. The summed E-state index contributed by atoms with van der Waals surface area (Å²) in [6.45, 7) is 6.40. The molecule has 0 bridgehead atoms. The van der Waals surface area contributed by atoms with E-state index in [2.05, 4.69) is 5.18 Å². The number of carbonyl (C=O) groups excluding carboxylic acids is 2. The van der Waals surface area contributed by atoms with Crippen molar-refractivity contribution in [1.82, 2.24) is 0 Å². The summed E-state index contributed by atoms with van der Waals surface area (Å²) >= 11 is 0. The first-order valence-corrected chi connectivity index (χ1v) is 5.69. The first-order chi connectivity index (χ1) is 8.79. The Morgan fingerprint density at radius 1 is 1.11 bits per heavy atom. The minimum absolute atomic E-state index is 0.356. The summed E-state index contributed by atoms with van der Waals surface area (Å²) in [5, 5.41) is 12.6. The molecule has 0 aliphatic heterocycles. The highest BCUT2D eigenvalue weighted by molar-refractivity contribution is 6.43. The number of ketones is 2. The van der Waals surface area contributed by atoms with Gasteiger partial charge in [0.05, 0.1) is 0 Å². The van der Waals surface area contributed by atoms with Gasteiger partial charge < -0.3 is 5.11 Å². The minimum Gasteiger partial charge on any atom is -0.505 e. The third-order valence-electron chi connectivity index (χ3n) is 2.76. The average molecular weight is 261 g/mol. The smallest absolute Gasteiger partial charge is 0.254 e. The summed E-state index contributed by atoms with van der Waals surface area (Å²) in [7, 11) is 0. The molecule has 0 unspecified atom stereocenters. The van der Waals surface area contributed by atoms with Crippen molar-refractivity contribution < 1.29 is 14.7 Å². The molecule has 0 aliphatic rings. The summed E-state index contributed by atoms with van der Waals surface area (Å²) in [5.41, 5.74) is 2.00. The van der Waals surface area contributed by atoms with Crippen LogP contribution < -0.4 is 0 Å². The predicted octanol–water partition coefficient (Wildman–Crippen LogP) is 2.76. The normalized spacial score (nSPS) is 11.8. The number of aliphatic hydroxyl groups excluding tert-OH is 1. The van der Waals surface area contributed by atoms with E-state index in [1.165, 1.54) is 0 Å². The van der Waals surface area contributed by atoms with Crippen LogP contribution in [0.4, 0.5) is 0 Å². The Bertz CT molecular complexity index is 576. The first kappa shape index (κ1) is 14.8. The highest BCUT2D eigenvalue weighted by Gasteiger charge is 2.23. The fourth-order valence-corrected chi connectivity index (χ4v) is 2.03. The van der Waals surface area contributed by atoms with Gasteiger partial charge in [-0.3, -0.25) is 9.59 Å².